The van der Waals surface area contributed by atoms with E-state index in [0.29, 0.717) is 23.9 Å². The first-order valence-electron chi connectivity index (χ1n) is 8.93. The molecule has 0 aliphatic heterocycles. The molecule has 4 heteroatoms. The molecule has 0 bridgehead atoms. The average Bonchev–Trinajstić information content (AvgIpc) is 2.61. The summed E-state index contributed by atoms with van der Waals surface area (Å²) in [5.74, 6) is 1.93. The summed E-state index contributed by atoms with van der Waals surface area (Å²) in [5, 5.41) is 8.93. The maximum atomic E-state index is 8.93. The Balaban J connectivity index is 2.56. The minimum absolute atomic E-state index is 0.00255. The Kier molecular flexibility index (Phi) is 10.8. The van der Waals surface area contributed by atoms with Gasteiger partial charge in [0.1, 0.15) is 0 Å². The molecule has 0 spiro atoms. The maximum Gasteiger partial charge on any atom is 0.203 e. The third kappa shape index (κ3) is 7.26. The van der Waals surface area contributed by atoms with Crippen LogP contribution in [0.5, 0.6) is 17.2 Å². The van der Waals surface area contributed by atoms with Gasteiger partial charge in [0.15, 0.2) is 11.5 Å². The fourth-order valence-electron chi connectivity index (χ4n) is 2.58. The zero-order valence-corrected chi connectivity index (χ0v) is 15.3. The molecule has 1 aromatic rings. The van der Waals surface area contributed by atoms with E-state index < -0.39 is 0 Å². The van der Waals surface area contributed by atoms with Crippen LogP contribution >= 0.6 is 0 Å². The maximum absolute atomic E-state index is 8.93. The highest BCUT2D eigenvalue weighted by molar-refractivity contribution is 5.62. The molecule has 0 aromatic heterocycles. The monoisotopic (exact) mass is 336 g/mol. The van der Waals surface area contributed by atoms with E-state index in [9.17, 15) is 0 Å². The second-order valence-corrected chi connectivity index (χ2v) is 5.81. The molecular weight excluding hydrogens is 304 g/mol. The number of aliphatic hydroxyl groups is 1. The number of hydrogen-bond donors (Lipinski definition) is 1. The van der Waals surface area contributed by atoms with Crippen molar-refractivity contribution in [3.05, 3.63) is 23.8 Å². The molecule has 0 radical (unpaired) electrons. The molecule has 0 heterocycles. The Morgan fingerprint density at radius 1 is 0.917 bits per heavy atom. The van der Waals surface area contributed by atoms with Gasteiger partial charge in [-0.25, -0.2) is 0 Å². The lowest BCUT2D eigenvalue weighted by atomic mass is 10.1. The lowest BCUT2D eigenvalue weighted by Crippen LogP contribution is -2.01. The second-order valence-electron chi connectivity index (χ2n) is 5.81. The first kappa shape index (κ1) is 20.4. The van der Waals surface area contributed by atoms with Crippen LogP contribution in [0.15, 0.2) is 18.2 Å². The van der Waals surface area contributed by atoms with Crippen molar-refractivity contribution in [1.29, 1.82) is 0 Å². The average molecular weight is 336 g/mol. The lowest BCUT2D eigenvalue weighted by Gasteiger charge is -2.15. The van der Waals surface area contributed by atoms with Gasteiger partial charge in [-0.15, -0.1) is 0 Å². The largest absolute Gasteiger partial charge is 0.493 e. The summed E-state index contributed by atoms with van der Waals surface area (Å²) < 4.78 is 16.7. The summed E-state index contributed by atoms with van der Waals surface area (Å²) in [7, 11) is 3.22. The second kappa shape index (κ2) is 12.7. The van der Waals surface area contributed by atoms with E-state index in [2.05, 4.69) is 6.92 Å². The Morgan fingerprint density at radius 3 is 2.21 bits per heavy atom. The van der Waals surface area contributed by atoms with Crippen LogP contribution in [0.25, 0.3) is 6.08 Å². The topological polar surface area (TPSA) is 47.9 Å². The van der Waals surface area contributed by atoms with Crippen LogP contribution in [0, 0.1) is 0 Å². The van der Waals surface area contributed by atoms with Gasteiger partial charge in [0, 0.05) is 0 Å². The highest BCUT2D eigenvalue weighted by Gasteiger charge is 2.13. The van der Waals surface area contributed by atoms with Gasteiger partial charge in [0.25, 0.3) is 0 Å². The molecule has 0 fully saturated rings. The van der Waals surface area contributed by atoms with Gasteiger partial charge in [-0.1, -0.05) is 57.6 Å². The Labute approximate surface area is 146 Å². The van der Waals surface area contributed by atoms with Crippen LogP contribution in [0.1, 0.15) is 57.4 Å². The molecule has 0 atom stereocenters. The molecule has 136 valence electrons. The van der Waals surface area contributed by atoms with E-state index in [1.165, 1.54) is 38.5 Å². The van der Waals surface area contributed by atoms with Gasteiger partial charge in [-0.2, -0.15) is 0 Å². The first-order chi connectivity index (χ1) is 11.8. The van der Waals surface area contributed by atoms with Gasteiger partial charge < -0.3 is 19.3 Å². The van der Waals surface area contributed by atoms with Gasteiger partial charge in [-0.3, -0.25) is 0 Å². The summed E-state index contributed by atoms with van der Waals surface area (Å²) in [6.07, 6.45) is 12.3. The summed E-state index contributed by atoms with van der Waals surface area (Å²) >= 11 is 0. The van der Waals surface area contributed by atoms with Gasteiger partial charge in [0.05, 0.1) is 27.4 Å². The fraction of sp³-hybridized carbons (Fsp3) is 0.600. The van der Waals surface area contributed by atoms with E-state index in [1.807, 2.05) is 18.2 Å². The van der Waals surface area contributed by atoms with E-state index in [0.717, 1.165) is 12.0 Å². The smallest absolute Gasteiger partial charge is 0.203 e. The summed E-state index contributed by atoms with van der Waals surface area (Å²) in [5.41, 5.74) is 0.913. The van der Waals surface area contributed by atoms with Gasteiger partial charge in [0.2, 0.25) is 5.75 Å². The first-order valence-corrected chi connectivity index (χ1v) is 8.93. The van der Waals surface area contributed by atoms with Crippen molar-refractivity contribution in [2.45, 2.75) is 51.9 Å². The van der Waals surface area contributed by atoms with Gasteiger partial charge >= 0.3 is 0 Å². The molecule has 1 aromatic carbocycles. The zero-order chi connectivity index (χ0) is 17.6. The fourth-order valence-corrected chi connectivity index (χ4v) is 2.58. The Bertz CT molecular complexity index is 483. The number of unbranched alkanes of at least 4 members (excludes halogenated alkanes) is 6. The molecule has 1 rings (SSSR count). The van der Waals surface area contributed by atoms with Crippen molar-refractivity contribution in [3.8, 4) is 17.2 Å². The highest BCUT2D eigenvalue weighted by Crippen LogP contribution is 2.38. The lowest BCUT2D eigenvalue weighted by molar-refractivity contribution is 0.276. The molecule has 0 aliphatic carbocycles. The third-order valence-corrected chi connectivity index (χ3v) is 3.89. The number of rotatable bonds is 13. The molecule has 24 heavy (non-hydrogen) atoms. The van der Waals surface area contributed by atoms with E-state index in [-0.39, 0.29) is 6.61 Å². The third-order valence-electron chi connectivity index (χ3n) is 3.89. The number of aliphatic hydroxyl groups excluding tert-OH is 1. The summed E-state index contributed by atoms with van der Waals surface area (Å²) in [6.45, 7) is 2.91. The number of hydrogen-bond acceptors (Lipinski definition) is 4. The van der Waals surface area contributed by atoms with Gasteiger partial charge in [-0.05, 0) is 24.1 Å². The van der Waals surface area contributed by atoms with E-state index >= 15 is 0 Å². The van der Waals surface area contributed by atoms with Crippen molar-refractivity contribution < 1.29 is 19.3 Å². The van der Waals surface area contributed by atoms with Crippen molar-refractivity contribution in [1.82, 2.24) is 0 Å². The molecule has 0 saturated heterocycles. The van der Waals surface area contributed by atoms with Crippen LogP contribution in [-0.4, -0.2) is 32.5 Å². The number of methoxy groups -OCH3 is 2. The molecule has 4 nitrogen and oxygen atoms in total. The minimum atomic E-state index is 0.00255. The predicted molar refractivity (Wildman–Crippen MR) is 99.2 cm³/mol. The van der Waals surface area contributed by atoms with E-state index in [4.69, 9.17) is 19.3 Å². The normalized spacial score (nSPS) is 11.0. The predicted octanol–water partition coefficient (Wildman–Crippen LogP) is 4.84. The molecule has 0 saturated carbocycles. The molecule has 0 amide bonds. The van der Waals surface area contributed by atoms with Crippen LogP contribution < -0.4 is 14.2 Å². The highest BCUT2D eigenvalue weighted by atomic mass is 16.5. The van der Waals surface area contributed by atoms with Crippen LogP contribution in [0.2, 0.25) is 0 Å². The SMILES string of the molecule is CCCCCCCCCOc1cc(/C=C/CO)cc(OC)c1OC. The van der Waals surface area contributed by atoms with Crippen molar-refractivity contribution in [3.63, 3.8) is 0 Å². The van der Waals surface area contributed by atoms with Crippen molar-refractivity contribution >= 4 is 6.08 Å². The Hall–Kier alpha value is -1.68. The minimum Gasteiger partial charge on any atom is -0.493 e. The zero-order valence-electron chi connectivity index (χ0n) is 15.3. The molecule has 0 unspecified atom stereocenters. The number of ether oxygens (including phenoxy) is 3. The molecule has 0 aliphatic rings. The van der Waals surface area contributed by atoms with Crippen molar-refractivity contribution in [2.75, 3.05) is 27.4 Å². The summed E-state index contributed by atoms with van der Waals surface area (Å²) in [4.78, 5) is 0. The summed E-state index contributed by atoms with van der Waals surface area (Å²) in [6, 6.07) is 3.78. The number of benzene rings is 1. The van der Waals surface area contributed by atoms with Crippen molar-refractivity contribution in [2.24, 2.45) is 0 Å². The van der Waals surface area contributed by atoms with Crippen LogP contribution in [-0.2, 0) is 0 Å². The Morgan fingerprint density at radius 2 is 1.58 bits per heavy atom. The standard InChI is InChI=1S/C20H32O4/c1-4-5-6-7-8-9-10-14-24-19-16-17(12-11-13-21)15-18(22-2)20(19)23-3/h11-12,15-16,21H,4-10,13-14H2,1-3H3/b12-11+. The molecular formula is C20H32O4. The van der Waals surface area contributed by atoms with Crippen LogP contribution in [0.3, 0.4) is 0 Å². The van der Waals surface area contributed by atoms with Crippen LogP contribution in [0.4, 0.5) is 0 Å². The quantitative estimate of drug-likeness (QED) is 0.524. The molecule has 1 N–H and O–H groups in total. The van der Waals surface area contributed by atoms with E-state index in [1.54, 1.807) is 20.3 Å².